The minimum absolute atomic E-state index is 0.381. The van der Waals surface area contributed by atoms with E-state index in [2.05, 4.69) is 0 Å². The Morgan fingerprint density at radius 2 is 1.92 bits per heavy atom. The first-order valence-electron chi connectivity index (χ1n) is 7.50. The fourth-order valence-corrected chi connectivity index (χ4v) is 3.16. The Kier molecular flexibility index (Phi) is 7.22. The maximum absolute atomic E-state index is 11.1. The summed E-state index contributed by atoms with van der Waals surface area (Å²) in [5.41, 5.74) is 1.99. The van der Waals surface area contributed by atoms with Gasteiger partial charge in [0.2, 0.25) is 0 Å². The van der Waals surface area contributed by atoms with E-state index in [1.807, 2.05) is 35.7 Å². The Hall–Kier alpha value is -2.11. The van der Waals surface area contributed by atoms with Crippen LogP contribution in [-0.4, -0.2) is 20.2 Å². The summed E-state index contributed by atoms with van der Waals surface area (Å²) in [5.74, 6) is 2.04. The molecule has 0 amide bonds. The maximum Gasteiger partial charge on any atom is 0.308 e. The fourth-order valence-electron chi connectivity index (χ4n) is 2.06. The van der Waals surface area contributed by atoms with Gasteiger partial charge in [0.25, 0.3) is 0 Å². The molecule has 0 atom stereocenters. The lowest BCUT2D eigenvalue weighted by Crippen LogP contribution is -2.02. The Morgan fingerprint density at radius 1 is 1.12 bits per heavy atom. The van der Waals surface area contributed by atoms with Crippen LogP contribution >= 0.6 is 23.4 Å². The van der Waals surface area contributed by atoms with Gasteiger partial charge < -0.3 is 14.2 Å². The molecule has 0 fully saturated rings. The van der Waals surface area contributed by atoms with Crippen LogP contribution in [0.25, 0.3) is 6.08 Å². The quantitative estimate of drug-likeness (QED) is 0.490. The highest BCUT2D eigenvalue weighted by atomic mass is 35.5. The van der Waals surface area contributed by atoms with Crippen molar-refractivity contribution in [1.29, 1.82) is 0 Å². The second-order valence-corrected chi connectivity index (χ2v) is 6.38. The van der Waals surface area contributed by atoms with Crippen molar-refractivity contribution in [3.05, 3.63) is 58.0 Å². The van der Waals surface area contributed by atoms with Crippen molar-refractivity contribution in [2.75, 3.05) is 14.2 Å². The van der Waals surface area contributed by atoms with Gasteiger partial charge in [-0.05, 0) is 46.9 Å². The average Bonchev–Trinajstić information content (AvgIpc) is 2.60. The summed E-state index contributed by atoms with van der Waals surface area (Å²) in [6.07, 6.45) is 1.96. The molecule has 0 radical (unpaired) electrons. The third-order valence-corrected chi connectivity index (χ3v) is 4.46. The normalized spacial score (nSPS) is 10.7. The second kappa shape index (κ2) is 9.39. The lowest BCUT2D eigenvalue weighted by molar-refractivity contribution is -0.132. The van der Waals surface area contributed by atoms with E-state index >= 15 is 0 Å². The van der Waals surface area contributed by atoms with Gasteiger partial charge in [-0.25, -0.2) is 0 Å². The third kappa shape index (κ3) is 5.73. The molecular weight excluding hydrogens is 360 g/mol. The molecule has 0 aromatic heterocycles. The van der Waals surface area contributed by atoms with Gasteiger partial charge in [0.05, 0.1) is 14.2 Å². The van der Waals surface area contributed by atoms with Crippen LogP contribution in [0, 0.1) is 0 Å². The van der Waals surface area contributed by atoms with E-state index in [0.29, 0.717) is 16.5 Å². The summed E-state index contributed by atoms with van der Waals surface area (Å²) >= 11 is 7.85. The number of benzene rings is 2. The largest absolute Gasteiger partial charge is 0.497 e. The van der Waals surface area contributed by atoms with Crippen LogP contribution in [0.5, 0.6) is 17.2 Å². The number of hydrogen-bond acceptors (Lipinski definition) is 5. The van der Waals surface area contributed by atoms with Crippen LogP contribution < -0.4 is 14.2 Å². The molecule has 132 valence electrons. The Morgan fingerprint density at radius 3 is 2.56 bits per heavy atom. The van der Waals surface area contributed by atoms with E-state index in [9.17, 15) is 4.79 Å². The number of hydrogen-bond donors (Lipinski definition) is 0. The van der Waals surface area contributed by atoms with E-state index in [1.165, 1.54) is 14.0 Å². The number of esters is 1. The molecule has 0 heterocycles. The van der Waals surface area contributed by atoms with Crippen molar-refractivity contribution in [3.63, 3.8) is 0 Å². The molecule has 0 bridgehead atoms. The molecule has 0 aliphatic rings. The zero-order chi connectivity index (χ0) is 18.2. The van der Waals surface area contributed by atoms with Crippen molar-refractivity contribution in [2.24, 2.45) is 0 Å². The molecule has 0 saturated carbocycles. The summed E-state index contributed by atoms with van der Waals surface area (Å²) in [6.45, 7) is 1.36. The number of halogens is 1. The highest BCUT2D eigenvalue weighted by Crippen LogP contribution is 2.30. The molecular formula is C19H19ClO4S. The Labute approximate surface area is 156 Å². The van der Waals surface area contributed by atoms with E-state index < -0.39 is 0 Å². The highest BCUT2D eigenvalue weighted by molar-refractivity contribution is 8.01. The number of methoxy groups -OCH3 is 2. The van der Waals surface area contributed by atoms with Gasteiger partial charge in [-0.1, -0.05) is 23.7 Å². The lowest BCUT2D eigenvalue weighted by Gasteiger charge is -2.08. The first kappa shape index (κ1) is 19.2. The lowest BCUT2D eigenvalue weighted by atomic mass is 10.2. The summed E-state index contributed by atoms with van der Waals surface area (Å²) < 4.78 is 15.5. The van der Waals surface area contributed by atoms with Gasteiger partial charge >= 0.3 is 5.97 Å². The molecule has 25 heavy (non-hydrogen) atoms. The third-order valence-electron chi connectivity index (χ3n) is 3.30. The van der Waals surface area contributed by atoms with Crippen molar-refractivity contribution < 1.29 is 19.0 Å². The molecule has 6 heteroatoms. The first-order chi connectivity index (χ1) is 12.0. The van der Waals surface area contributed by atoms with E-state index in [1.54, 1.807) is 31.0 Å². The minimum atomic E-state index is -0.381. The Balaban J connectivity index is 1.99. The van der Waals surface area contributed by atoms with Gasteiger partial charge in [-0.3, -0.25) is 4.79 Å². The molecule has 0 N–H and O–H groups in total. The summed E-state index contributed by atoms with van der Waals surface area (Å²) in [4.78, 5) is 11.1. The molecule has 2 aromatic carbocycles. The van der Waals surface area contributed by atoms with Crippen molar-refractivity contribution in [2.45, 2.75) is 12.7 Å². The SMILES string of the molecule is COc1ccc(CSC=Cc2ccc(OC(C)=O)c(OC)c2)c(Cl)c1. The number of thioether (sulfide) groups is 1. The zero-order valence-corrected chi connectivity index (χ0v) is 15.8. The molecule has 0 saturated heterocycles. The van der Waals surface area contributed by atoms with Crippen molar-refractivity contribution >= 4 is 35.4 Å². The topological polar surface area (TPSA) is 44.8 Å². The van der Waals surface area contributed by atoms with Crippen LogP contribution in [-0.2, 0) is 10.5 Å². The number of carbonyl (C=O) groups excluding carboxylic acids is 1. The van der Waals surface area contributed by atoms with E-state index in [0.717, 1.165) is 22.6 Å². The summed E-state index contributed by atoms with van der Waals surface area (Å²) in [6, 6.07) is 11.0. The smallest absolute Gasteiger partial charge is 0.308 e. The van der Waals surface area contributed by atoms with E-state index in [4.69, 9.17) is 25.8 Å². The number of rotatable bonds is 7. The molecule has 0 aliphatic carbocycles. The van der Waals surface area contributed by atoms with Crippen LogP contribution in [0.15, 0.2) is 41.8 Å². The van der Waals surface area contributed by atoms with Crippen LogP contribution in [0.4, 0.5) is 0 Å². The van der Waals surface area contributed by atoms with Gasteiger partial charge in [0.1, 0.15) is 5.75 Å². The van der Waals surface area contributed by atoms with Gasteiger partial charge in [-0.2, -0.15) is 0 Å². The van der Waals surface area contributed by atoms with Crippen LogP contribution in [0.2, 0.25) is 5.02 Å². The van der Waals surface area contributed by atoms with Crippen LogP contribution in [0.3, 0.4) is 0 Å². The number of carbonyl (C=O) groups is 1. The maximum atomic E-state index is 11.1. The average molecular weight is 379 g/mol. The predicted molar refractivity (Wildman–Crippen MR) is 103 cm³/mol. The molecule has 0 unspecified atom stereocenters. The highest BCUT2D eigenvalue weighted by Gasteiger charge is 2.07. The fraction of sp³-hybridized carbons (Fsp3) is 0.211. The van der Waals surface area contributed by atoms with E-state index in [-0.39, 0.29) is 5.97 Å². The zero-order valence-electron chi connectivity index (χ0n) is 14.2. The summed E-state index contributed by atoms with van der Waals surface area (Å²) in [7, 11) is 3.15. The molecule has 2 aromatic rings. The molecule has 2 rings (SSSR count). The monoisotopic (exact) mass is 378 g/mol. The minimum Gasteiger partial charge on any atom is -0.497 e. The first-order valence-corrected chi connectivity index (χ1v) is 8.93. The predicted octanol–water partition coefficient (Wildman–Crippen LogP) is 5.19. The summed E-state index contributed by atoms with van der Waals surface area (Å²) in [5, 5.41) is 2.67. The number of ether oxygens (including phenoxy) is 3. The standard InChI is InChI=1S/C19H19ClO4S/c1-13(21)24-18-7-4-14(10-19(18)23-3)8-9-25-12-15-5-6-16(22-2)11-17(15)20/h4-11H,12H2,1-3H3. The molecule has 4 nitrogen and oxygen atoms in total. The second-order valence-electron chi connectivity index (χ2n) is 5.08. The van der Waals surface area contributed by atoms with Gasteiger partial charge in [0, 0.05) is 17.7 Å². The van der Waals surface area contributed by atoms with Crippen LogP contribution in [0.1, 0.15) is 18.1 Å². The molecule has 0 aliphatic heterocycles. The van der Waals surface area contributed by atoms with Gasteiger partial charge in [-0.15, -0.1) is 11.8 Å². The Bertz CT molecular complexity index is 774. The van der Waals surface area contributed by atoms with Gasteiger partial charge in [0.15, 0.2) is 11.5 Å². The molecule has 0 spiro atoms. The van der Waals surface area contributed by atoms with Crippen molar-refractivity contribution in [3.8, 4) is 17.2 Å². The van der Waals surface area contributed by atoms with Crippen molar-refractivity contribution in [1.82, 2.24) is 0 Å².